The molecule has 0 atom stereocenters. The van der Waals surface area contributed by atoms with Crippen LogP contribution in [0.2, 0.25) is 0 Å². The Morgan fingerprint density at radius 2 is 0.917 bits per heavy atom. The molecule has 2 aromatic heterocycles. The number of hydrogen-bond acceptors (Lipinski definition) is 5. The Hall–Kier alpha value is -8.02. The van der Waals surface area contributed by atoms with Gasteiger partial charge in [0.2, 0.25) is 0 Å². The number of nitrogens with zero attached hydrogens (tertiary/aromatic N) is 5. The molecule has 1 aliphatic carbocycles. The molecular weight excluding hydrogens is 731 g/mol. The maximum atomic E-state index is 5.11. The summed E-state index contributed by atoms with van der Waals surface area (Å²) in [6.45, 7) is 0. The minimum absolute atomic E-state index is 0.565. The standard InChI is InChI=1S/C55H33N5/c1-3-13-36(14-4-1)51-57-52(37-15-5-2-6-16-37)59-53(58-51)38-26-24-34(25-27-38)39-29-31-48-47(33-39)55(44-22-9-7-18-40(44)41-19-8-10-23-45(41)55)46-30-28-35-17-11-20-42-43-21-12-32-56-54(43)60(48)50(46)49(35)42/h1-33H. The van der Waals surface area contributed by atoms with Crippen molar-refractivity contribution in [1.82, 2.24) is 19.9 Å². The van der Waals surface area contributed by atoms with Crippen LogP contribution in [0.15, 0.2) is 200 Å². The monoisotopic (exact) mass is 763 g/mol. The molecule has 5 nitrogen and oxygen atoms in total. The van der Waals surface area contributed by atoms with Gasteiger partial charge in [-0.3, -0.25) is 4.90 Å². The van der Waals surface area contributed by atoms with Crippen LogP contribution in [0.3, 0.4) is 0 Å². The SMILES string of the molecule is c1ccc(-c2nc(-c3ccccc3)nc(-c3ccc(-c4ccc5c(c4)C4(c6ccccc6-c6ccccc64)c4ccc6cccc7c6c4N5c4ncccc4-7)cc3)n2)cc1. The Balaban J connectivity index is 1.03. The molecule has 60 heavy (non-hydrogen) atoms. The zero-order valence-electron chi connectivity index (χ0n) is 32.3. The molecule has 1 spiro atoms. The summed E-state index contributed by atoms with van der Waals surface area (Å²) in [5, 5.41) is 2.50. The molecule has 0 amide bonds. The van der Waals surface area contributed by atoms with Crippen LogP contribution in [-0.4, -0.2) is 19.9 Å². The van der Waals surface area contributed by atoms with Crippen molar-refractivity contribution in [2.45, 2.75) is 5.41 Å². The molecule has 278 valence electrons. The molecule has 0 unspecified atom stereocenters. The number of benzene rings is 8. The quantitative estimate of drug-likeness (QED) is 0.179. The van der Waals surface area contributed by atoms with Gasteiger partial charge >= 0.3 is 0 Å². The lowest BCUT2D eigenvalue weighted by atomic mass is 9.63. The molecule has 0 bridgehead atoms. The highest BCUT2D eigenvalue weighted by atomic mass is 15.2. The summed E-state index contributed by atoms with van der Waals surface area (Å²) >= 11 is 0. The highest BCUT2D eigenvalue weighted by Crippen LogP contribution is 2.66. The van der Waals surface area contributed by atoms with Gasteiger partial charge in [0, 0.05) is 33.8 Å². The van der Waals surface area contributed by atoms with Gasteiger partial charge in [-0.1, -0.05) is 170 Å². The van der Waals surface area contributed by atoms with Gasteiger partial charge < -0.3 is 0 Å². The van der Waals surface area contributed by atoms with Crippen molar-refractivity contribution in [2.75, 3.05) is 4.90 Å². The molecule has 3 aliphatic rings. The Kier molecular flexibility index (Phi) is 6.87. The van der Waals surface area contributed by atoms with E-state index >= 15 is 0 Å². The first kappa shape index (κ1) is 33.0. The first-order valence-electron chi connectivity index (χ1n) is 20.4. The van der Waals surface area contributed by atoms with E-state index in [1.807, 2.05) is 66.9 Å². The second-order valence-corrected chi connectivity index (χ2v) is 15.8. The van der Waals surface area contributed by atoms with Crippen LogP contribution in [-0.2, 0) is 5.41 Å². The van der Waals surface area contributed by atoms with E-state index in [1.54, 1.807) is 0 Å². The average Bonchev–Trinajstić information content (AvgIpc) is 3.62. The van der Waals surface area contributed by atoms with Crippen LogP contribution in [0, 0.1) is 0 Å². The van der Waals surface area contributed by atoms with Crippen LogP contribution in [0.5, 0.6) is 0 Å². The van der Waals surface area contributed by atoms with E-state index in [2.05, 4.69) is 138 Å². The van der Waals surface area contributed by atoms with Crippen LogP contribution in [0.4, 0.5) is 17.2 Å². The molecule has 0 saturated carbocycles. The van der Waals surface area contributed by atoms with E-state index in [0.29, 0.717) is 17.5 Å². The zero-order valence-corrected chi connectivity index (χ0v) is 32.3. The topological polar surface area (TPSA) is 54.8 Å². The van der Waals surface area contributed by atoms with Crippen molar-refractivity contribution in [3.8, 4) is 67.5 Å². The number of fused-ring (bicyclic) bond motifs is 12. The number of hydrogen-bond donors (Lipinski definition) is 0. The fourth-order valence-electron chi connectivity index (χ4n) is 10.2. The number of pyridine rings is 1. The molecule has 2 aliphatic heterocycles. The van der Waals surface area contributed by atoms with Gasteiger partial charge in [-0.25, -0.2) is 19.9 Å². The smallest absolute Gasteiger partial charge is 0.164 e. The number of rotatable bonds is 4. The van der Waals surface area contributed by atoms with E-state index in [9.17, 15) is 0 Å². The van der Waals surface area contributed by atoms with E-state index in [-0.39, 0.29) is 0 Å². The summed E-state index contributed by atoms with van der Waals surface area (Å²) in [4.78, 5) is 22.5. The highest BCUT2D eigenvalue weighted by Gasteiger charge is 2.53. The molecule has 13 rings (SSSR count). The maximum absolute atomic E-state index is 5.11. The maximum Gasteiger partial charge on any atom is 0.164 e. The van der Waals surface area contributed by atoms with Gasteiger partial charge in [-0.15, -0.1) is 0 Å². The van der Waals surface area contributed by atoms with E-state index in [0.717, 1.165) is 44.9 Å². The van der Waals surface area contributed by atoms with Crippen molar-refractivity contribution in [3.05, 3.63) is 223 Å². The van der Waals surface area contributed by atoms with Crippen LogP contribution < -0.4 is 4.90 Å². The second kappa shape index (κ2) is 12.5. The van der Waals surface area contributed by atoms with Gasteiger partial charge in [0.05, 0.1) is 16.8 Å². The highest BCUT2D eigenvalue weighted by molar-refractivity contribution is 6.16. The van der Waals surface area contributed by atoms with Crippen molar-refractivity contribution in [2.24, 2.45) is 0 Å². The molecule has 10 aromatic rings. The van der Waals surface area contributed by atoms with E-state index in [4.69, 9.17) is 19.9 Å². The summed E-state index contributed by atoms with van der Waals surface area (Å²) < 4.78 is 0. The normalized spacial score (nSPS) is 13.4. The number of anilines is 3. The van der Waals surface area contributed by atoms with Crippen molar-refractivity contribution in [1.29, 1.82) is 0 Å². The Morgan fingerprint density at radius 3 is 1.58 bits per heavy atom. The fourth-order valence-corrected chi connectivity index (χ4v) is 10.2. The molecule has 0 fully saturated rings. The van der Waals surface area contributed by atoms with Gasteiger partial charge in [0.25, 0.3) is 0 Å². The number of aromatic nitrogens is 4. The Bertz CT molecular complexity index is 3270. The lowest BCUT2D eigenvalue weighted by Crippen LogP contribution is -2.37. The van der Waals surface area contributed by atoms with Gasteiger partial charge in [0.1, 0.15) is 5.82 Å². The first-order valence-corrected chi connectivity index (χ1v) is 20.4. The van der Waals surface area contributed by atoms with Crippen LogP contribution in [0.1, 0.15) is 22.3 Å². The zero-order chi connectivity index (χ0) is 39.4. The summed E-state index contributed by atoms with van der Waals surface area (Å²) in [6.07, 6.45) is 1.92. The molecule has 0 radical (unpaired) electrons. The first-order chi connectivity index (χ1) is 29.8. The third-order valence-corrected chi connectivity index (χ3v) is 12.7. The minimum atomic E-state index is -0.565. The molecule has 5 heteroatoms. The van der Waals surface area contributed by atoms with Crippen LogP contribution in [0.25, 0.3) is 78.3 Å². The third kappa shape index (κ3) is 4.51. The molecule has 0 N–H and O–H groups in total. The van der Waals surface area contributed by atoms with Crippen molar-refractivity contribution >= 4 is 28.0 Å². The predicted octanol–water partition coefficient (Wildman–Crippen LogP) is 13.2. The van der Waals surface area contributed by atoms with Crippen molar-refractivity contribution < 1.29 is 0 Å². The molecule has 4 heterocycles. The second-order valence-electron chi connectivity index (χ2n) is 15.8. The van der Waals surface area contributed by atoms with Crippen molar-refractivity contribution in [3.63, 3.8) is 0 Å². The van der Waals surface area contributed by atoms with Crippen LogP contribution >= 0.6 is 0 Å². The van der Waals surface area contributed by atoms with E-state index < -0.39 is 5.41 Å². The average molecular weight is 764 g/mol. The predicted molar refractivity (Wildman–Crippen MR) is 241 cm³/mol. The summed E-state index contributed by atoms with van der Waals surface area (Å²) in [5.74, 6) is 2.89. The molecule has 8 aromatic carbocycles. The lowest BCUT2D eigenvalue weighted by molar-refractivity contribution is 0.753. The molecule has 0 saturated heterocycles. The Labute approximate surface area is 347 Å². The fraction of sp³-hybridized carbons (Fsp3) is 0.0182. The van der Waals surface area contributed by atoms with Gasteiger partial charge in [-0.2, -0.15) is 0 Å². The van der Waals surface area contributed by atoms with E-state index in [1.165, 1.54) is 55.4 Å². The summed E-state index contributed by atoms with van der Waals surface area (Å²) in [7, 11) is 0. The Morgan fingerprint density at radius 1 is 0.367 bits per heavy atom. The summed E-state index contributed by atoms with van der Waals surface area (Å²) in [5.41, 5.74) is 16.9. The minimum Gasteiger partial charge on any atom is -0.293 e. The summed E-state index contributed by atoms with van der Waals surface area (Å²) in [6, 6.07) is 69.6. The largest absolute Gasteiger partial charge is 0.293 e. The third-order valence-electron chi connectivity index (χ3n) is 12.7. The molecular formula is C55H33N5. The lowest BCUT2D eigenvalue weighted by Gasteiger charge is -2.47. The van der Waals surface area contributed by atoms with Gasteiger partial charge in [0.15, 0.2) is 17.5 Å². The van der Waals surface area contributed by atoms with Gasteiger partial charge in [-0.05, 0) is 79.7 Å².